The molecule has 5 aromatic rings. The van der Waals surface area contributed by atoms with Crippen LogP contribution in [0.3, 0.4) is 0 Å². The lowest BCUT2D eigenvalue weighted by Crippen LogP contribution is -2.21. The number of aromatic nitrogens is 5. The van der Waals surface area contributed by atoms with Gasteiger partial charge in [-0.3, -0.25) is 4.79 Å². The van der Waals surface area contributed by atoms with E-state index in [1.165, 1.54) is 24.1 Å². The number of rotatable bonds is 11. The van der Waals surface area contributed by atoms with Gasteiger partial charge in [0.05, 0.1) is 30.0 Å². The minimum absolute atomic E-state index is 0.00330. The number of nitrogens with zero attached hydrogens (tertiary/aromatic N) is 6. The Labute approximate surface area is 246 Å². The van der Waals surface area contributed by atoms with Gasteiger partial charge in [-0.05, 0) is 62.1 Å². The van der Waals surface area contributed by atoms with Gasteiger partial charge >= 0.3 is 0 Å². The molecule has 0 fully saturated rings. The smallest absolute Gasteiger partial charge is 0.293 e. The molecule has 15 heteroatoms. The zero-order chi connectivity index (χ0) is 29.5. The van der Waals surface area contributed by atoms with E-state index in [2.05, 4.69) is 57.0 Å². The molecule has 0 bridgehead atoms. The van der Waals surface area contributed by atoms with Crippen LogP contribution in [-0.4, -0.2) is 44.5 Å². The van der Waals surface area contributed by atoms with Crippen molar-refractivity contribution in [1.29, 1.82) is 0 Å². The van der Waals surface area contributed by atoms with Gasteiger partial charge in [0.25, 0.3) is 5.91 Å². The Morgan fingerprint density at radius 1 is 1.17 bits per heavy atom. The molecule has 1 amide bonds. The van der Waals surface area contributed by atoms with E-state index in [1.54, 1.807) is 30.3 Å². The van der Waals surface area contributed by atoms with E-state index >= 15 is 0 Å². The van der Waals surface area contributed by atoms with E-state index < -0.39 is 5.91 Å². The van der Waals surface area contributed by atoms with Crippen molar-refractivity contribution in [3.05, 3.63) is 99.5 Å². The predicted molar refractivity (Wildman–Crippen MR) is 154 cm³/mol. The number of nitrogen functional groups attached to an aromatic ring is 1. The second kappa shape index (κ2) is 12.9. The molecular formula is C27H23BrFN9O4. The summed E-state index contributed by atoms with van der Waals surface area (Å²) in [6, 6.07) is 19.1. The highest BCUT2D eigenvalue weighted by atomic mass is 79.9. The van der Waals surface area contributed by atoms with Crippen LogP contribution in [0.1, 0.15) is 27.3 Å². The number of anilines is 2. The summed E-state index contributed by atoms with van der Waals surface area (Å²) in [6.45, 7) is 0.150. The summed E-state index contributed by atoms with van der Waals surface area (Å²) in [4.78, 5) is 13.1. The minimum Gasteiger partial charge on any atom is -0.493 e. The maximum atomic E-state index is 14.0. The summed E-state index contributed by atoms with van der Waals surface area (Å²) in [5.74, 6) is -0.170. The number of carbonyl (C=O) groups excluding carboxylic acids is 1. The number of amides is 1. The van der Waals surface area contributed by atoms with Crippen molar-refractivity contribution in [2.24, 2.45) is 5.10 Å². The summed E-state index contributed by atoms with van der Waals surface area (Å²) in [5.41, 5.74) is 10.4. The Hall–Kier alpha value is -5.31. The van der Waals surface area contributed by atoms with Gasteiger partial charge in [0.15, 0.2) is 17.2 Å². The lowest BCUT2D eigenvalue weighted by atomic mass is 10.2. The van der Waals surface area contributed by atoms with Crippen LogP contribution in [0.2, 0.25) is 0 Å². The first kappa shape index (κ1) is 28.2. The van der Waals surface area contributed by atoms with Crippen LogP contribution < -0.4 is 25.9 Å². The number of benzene rings is 3. The molecule has 0 radical (unpaired) electrons. The van der Waals surface area contributed by atoms with Crippen molar-refractivity contribution in [3.8, 4) is 17.3 Å². The minimum atomic E-state index is -0.631. The number of nitrogens with two attached hydrogens (primary N) is 1. The monoisotopic (exact) mass is 635 g/mol. The van der Waals surface area contributed by atoms with Crippen molar-refractivity contribution in [2.75, 3.05) is 18.2 Å². The number of para-hydroxylation sites is 1. The van der Waals surface area contributed by atoms with Gasteiger partial charge in [-0.15, -0.1) is 5.10 Å². The molecule has 0 aliphatic rings. The molecule has 3 aromatic carbocycles. The maximum absolute atomic E-state index is 14.0. The number of hydrogen-bond acceptors (Lipinski definition) is 11. The molecule has 2 aromatic heterocycles. The number of carbonyl (C=O) groups is 1. The fourth-order valence-electron chi connectivity index (χ4n) is 3.82. The number of hydrazone groups is 1. The van der Waals surface area contributed by atoms with E-state index in [-0.39, 0.29) is 36.3 Å². The number of methoxy groups -OCH3 is 1. The summed E-state index contributed by atoms with van der Waals surface area (Å²) < 4.78 is 31.8. The Kier molecular flexibility index (Phi) is 8.67. The lowest BCUT2D eigenvalue weighted by Gasteiger charge is -2.14. The van der Waals surface area contributed by atoms with Gasteiger partial charge in [-0.2, -0.15) is 9.78 Å². The van der Waals surface area contributed by atoms with Crippen molar-refractivity contribution in [1.82, 2.24) is 30.7 Å². The quantitative estimate of drug-likeness (QED) is 0.142. The molecule has 214 valence electrons. The molecular weight excluding hydrogens is 613 g/mol. The first-order valence-electron chi connectivity index (χ1n) is 12.3. The van der Waals surface area contributed by atoms with Crippen LogP contribution >= 0.6 is 15.9 Å². The normalized spacial score (nSPS) is 11.0. The molecule has 0 saturated heterocycles. The molecule has 2 heterocycles. The van der Waals surface area contributed by atoms with Crippen LogP contribution in [0.5, 0.6) is 11.5 Å². The zero-order valence-electron chi connectivity index (χ0n) is 22.0. The van der Waals surface area contributed by atoms with Gasteiger partial charge in [-0.1, -0.05) is 41.6 Å². The fraction of sp³-hybridized carbons (Fsp3) is 0.111. The second-order valence-corrected chi connectivity index (χ2v) is 9.46. The molecule has 0 atom stereocenters. The molecule has 4 N–H and O–H groups in total. The molecule has 0 unspecified atom stereocenters. The third-order valence-corrected chi connectivity index (χ3v) is 6.46. The zero-order valence-corrected chi connectivity index (χ0v) is 23.6. The second-order valence-electron chi connectivity index (χ2n) is 8.60. The van der Waals surface area contributed by atoms with Gasteiger partial charge in [0, 0.05) is 11.3 Å². The molecule has 0 spiro atoms. The standard InChI is InChI=1S/C27H23BrFN9O4/c1-40-22-12-16(11-19(28)24(22)41-15-17-7-5-6-10-20(17)29)13-32-34-27(39)23-21(14-31-18-8-3-2-4-9-18)38(37-33-23)26-25(30)35-42-36-26/h2-13,31H,14-15H2,1H3,(H2,30,35)(H,34,39). The van der Waals surface area contributed by atoms with Crippen LogP contribution in [0.15, 0.2) is 80.9 Å². The average molecular weight is 636 g/mol. The Balaban J connectivity index is 1.32. The topological polar surface area (TPSA) is 168 Å². The summed E-state index contributed by atoms with van der Waals surface area (Å²) in [7, 11) is 1.48. The molecule has 0 saturated carbocycles. The lowest BCUT2D eigenvalue weighted by molar-refractivity contribution is 0.0949. The maximum Gasteiger partial charge on any atom is 0.293 e. The van der Waals surface area contributed by atoms with E-state index in [0.717, 1.165) is 5.69 Å². The van der Waals surface area contributed by atoms with Crippen molar-refractivity contribution in [2.45, 2.75) is 13.2 Å². The number of halogens is 2. The average Bonchev–Trinajstić information content (AvgIpc) is 3.62. The number of ether oxygens (including phenoxy) is 2. The van der Waals surface area contributed by atoms with Crippen LogP contribution in [-0.2, 0) is 13.2 Å². The molecule has 13 nitrogen and oxygen atoms in total. The van der Waals surface area contributed by atoms with E-state index in [9.17, 15) is 9.18 Å². The summed E-state index contributed by atoms with van der Waals surface area (Å²) >= 11 is 3.46. The van der Waals surface area contributed by atoms with Crippen molar-refractivity contribution >= 4 is 39.6 Å². The largest absolute Gasteiger partial charge is 0.493 e. The predicted octanol–water partition coefficient (Wildman–Crippen LogP) is 4.10. The Bertz CT molecular complexity index is 1730. The number of hydrogen-bond donors (Lipinski definition) is 3. The highest BCUT2D eigenvalue weighted by molar-refractivity contribution is 9.10. The van der Waals surface area contributed by atoms with Gasteiger partial charge in [0.1, 0.15) is 12.4 Å². The molecule has 5 rings (SSSR count). The van der Waals surface area contributed by atoms with Crippen LogP contribution in [0, 0.1) is 5.82 Å². The third-order valence-electron chi connectivity index (χ3n) is 5.87. The van der Waals surface area contributed by atoms with Crippen molar-refractivity contribution in [3.63, 3.8) is 0 Å². The molecule has 0 aliphatic carbocycles. The number of nitrogens with one attached hydrogen (secondary N) is 2. The van der Waals surface area contributed by atoms with E-state index in [0.29, 0.717) is 32.8 Å². The van der Waals surface area contributed by atoms with E-state index in [4.69, 9.17) is 15.2 Å². The third kappa shape index (κ3) is 6.36. The summed E-state index contributed by atoms with van der Waals surface area (Å²) in [6.07, 6.45) is 1.41. The first-order valence-corrected chi connectivity index (χ1v) is 13.1. The highest BCUT2D eigenvalue weighted by Gasteiger charge is 2.24. The van der Waals surface area contributed by atoms with E-state index in [1.807, 2.05) is 30.3 Å². The molecule has 0 aliphatic heterocycles. The van der Waals surface area contributed by atoms with Crippen LogP contribution in [0.25, 0.3) is 5.82 Å². The van der Waals surface area contributed by atoms with Gasteiger partial charge < -0.3 is 20.5 Å². The molecule has 42 heavy (non-hydrogen) atoms. The Morgan fingerprint density at radius 2 is 1.95 bits per heavy atom. The van der Waals surface area contributed by atoms with Gasteiger partial charge in [0.2, 0.25) is 11.6 Å². The SMILES string of the molecule is COc1cc(C=NNC(=O)c2nnn(-c3nonc3N)c2CNc2ccccc2)cc(Br)c1OCc1ccccc1F. The van der Waals surface area contributed by atoms with Gasteiger partial charge in [-0.25, -0.2) is 14.4 Å². The fourth-order valence-corrected chi connectivity index (χ4v) is 4.40. The van der Waals surface area contributed by atoms with Crippen molar-refractivity contribution < 1.29 is 23.3 Å². The van der Waals surface area contributed by atoms with Crippen LogP contribution in [0.4, 0.5) is 15.9 Å². The summed E-state index contributed by atoms with van der Waals surface area (Å²) in [5, 5.41) is 22.6. The Morgan fingerprint density at radius 3 is 2.69 bits per heavy atom. The first-order chi connectivity index (χ1) is 20.4. The highest BCUT2D eigenvalue weighted by Crippen LogP contribution is 2.37.